The van der Waals surface area contributed by atoms with Gasteiger partial charge in [-0.25, -0.2) is 4.79 Å². The van der Waals surface area contributed by atoms with E-state index in [1.165, 1.54) is 7.11 Å². The van der Waals surface area contributed by atoms with Gasteiger partial charge in [0.2, 0.25) is 6.10 Å². The predicted molar refractivity (Wildman–Crippen MR) is 95.8 cm³/mol. The largest absolute Gasteiger partial charge is 0.474 e. The Kier molecular flexibility index (Phi) is 6.27. The molecule has 2 aromatic rings. The first-order chi connectivity index (χ1) is 11.6. The molecule has 3 N–H and O–H groups in total. The van der Waals surface area contributed by atoms with Crippen LogP contribution in [0.5, 0.6) is 5.75 Å². The Morgan fingerprint density at radius 2 is 1.88 bits per heavy atom. The molecular formula is C17H17N3O3S. The number of rotatable bonds is 6. The second kappa shape index (κ2) is 8.64. The second-order valence-corrected chi connectivity index (χ2v) is 5.17. The maximum absolute atomic E-state index is 12.0. The topological polar surface area (TPSA) is 85.9 Å². The first-order valence-electron chi connectivity index (χ1n) is 7.08. The molecule has 0 aliphatic carbocycles. The van der Waals surface area contributed by atoms with E-state index in [9.17, 15) is 4.79 Å². The summed E-state index contributed by atoms with van der Waals surface area (Å²) in [6, 6.07) is 16.2. The molecule has 0 aromatic heterocycles. The summed E-state index contributed by atoms with van der Waals surface area (Å²) in [6.45, 7) is 0. The molecule has 2 aromatic carbocycles. The van der Waals surface area contributed by atoms with E-state index in [1.807, 2.05) is 30.3 Å². The van der Waals surface area contributed by atoms with Gasteiger partial charge in [0.25, 0.3) is 0 Å². The zero-order chi connectivity index (χ0) is 17.4. The quantitative estimate of drug-likeness (QED) is 0.362. The number of benzene rings is 2. The zero-order valence-electron chi connectivity index (χ0n) is 13.0. The predicted octanol–water partition coefficient (Wildman–Crippen LogP) is 2.15. The summed E-state index contributed by atoms with van der Waals surface area (Å²) in [5, 5.41) is 3.96. The first kappa shape index (κ1) is 17.4. The van der Waals surface area contributed by atoms with Crippen LogP contribution in [0.2, 0.25) is 0 Å². The summed E-state index contributed by atoms with van der Waals surface area (Å²) in [5.74, 6) is 0.0706. The summed E-state index contributed by atoms with van der Waals surface area (Å²) in [4.78, 5) is 12.0. The molecule has 1 atom stereocenters. The number of carbonyl (C=O) groups excluding carboxylic acids is 1. The molecule has 2 rings (SSSR count). The average Bonchev–Trinajstić information content (AvgIpc) is 2.60. The lowest BCUT2D eigenvalue weighted by Gasteiger charge is -2.17. The van der Waals surface area contributed by atoms with E-state index in [2.05, 4.69) is 22.7 Å². The highest BCUT2D eigenvalue weighted by Gasteiger charge is 2.23. The second-order valence-electron chi connectivity index (χ2n) is 4.74. The Hall–Kier alpha value is -2.93. The maximum Gasteiger partial charge on any atom is 0.351 e. The van der Waals surface area contributed by atoms with Crippen molar-refractivity contribution in [1.29, 1.82) is 0 Å². The molecule has 124 valence electrons. The number of hydrogen-bond acceptors (Lipinski definition) is 5. The van der Waals surface area contributed by atoms with E-state index in [4.69, 9.17) is 15.2 Å². The number of ether oxygens (including phenoxy) is 2. The van der Waals surface area contributed by atoms with E-state index < -0.39 is 12.1 Å². The number of carbonyl (C=O) groups is 1. The molecule has 0 spiro atoms. The SMILES string of the molecule is COC(=O)C(Oc1ccc(C=NNC(N)=S)cc1)c1ccccc1. The Labute approximate surface area is 145 Å². The molecule has 24 heavy (non-hydrogen) atoms. The fraction of sp³-hybridized carbons (Fsp3) is 0.118. The average molecular weight is 343 g/mol. The van der Waals surface area contributed by atoms with Crippen molar-refractivity contribution in [2.75, 3.05) is 7.11 Å². The van der Waals surface area contributed by atoms with Gasteiger partial charge in [-0.1, -0.05) is 30.3 Å². The van der Waals surface area contributed by atoms with Crippen molar-refractivity contribution in [3.63, 3.8) is 0 Å². The summed E-state index contributed by atoms with van der Waals surface area (Å²) in [5.41, 5.74) is 9.28. The van der Waals surface area contributed by atoms with Crippen LogP contribution in [0.4, 0.5) is 0 Å². The lowest BCUT2D eigenvalue weighted by molar-refractivity contribution is -0.149. The number of nitrogens with zero attached hydrogens (tertiary/aromatic N) is 1. The van der Waals surface area contributed by atoms with Crippen molar-refractivity contribution < 1.29 is 14.3 Å². The van der Waals surface area contributed by atoms with E-state index >= 15 is 0 Å². The molecule has 0 aliphatic rings. The molecule has 0 heterocycles. The van der Waals surface area contributed by atoms with Crippen LogP contribution in [0.15, 0.2) is 59.7 Å². The molecule has 1 unspecified atom stereocenters. The lowest BCUT2D eigenvalue weighted by atomic mass is 10.1. The molecule has 0 amide bonds. The van der Waals surface area contributed by atoms with Gasteiger partial charge >= 0.3 is 5.97 Å². The van der Waals surface area contributed by atoms with Gasteiger partial charge in [-0.15, -0.1) is 0 Å². The molecule has 0 radical (unpaired) electrons. The van der Waals surface area contributed by atoms with E-state index in [0.29, 0.717) is 5.75 Å². The first-order valence-corrected chi connectivity index (χ1v) is 7.49. The number of methoxy groups -OCH3 is 1. The minimum atomic E-state index is -0.827. The zero-order valence-corrected chi connectivity index (χ0v) is 13.8. The number of hydrogen-bond donors (Lipinski definition) is 2. The van der Waals surface area contributed by atoms with Crippen LogP contribution >= 0.6 is 12.2 Å². The van der Waals surface area contributed by atoms with Gasteiger partial charge in [-0.3, -0.25) is 5.43 Å². The lowest BCUT2D eigenvalue weighted by Crippen LogP contribution is -2.23. The normalized spacial score (nSPS) is 11.7. The van der Waals surface area contributed by atoms with Crippen molar-refractivity contribution in [2.45, 2.75) is 6.10 Å². The summed E-state index contributed by atoms with van der Waals surface area (Å²) < 4.78 is 10.6. The Balaban J connectivity index is 2.11. The van der Waals surface area contributed by atoms with Gasteiger partial charge in [0.05, 0.1) is 13.3 Å². The monoisotopic (exact) mass is 343 g/mol. The molecule has 7 heteroatoms. The number of hydrazone groups is 1. The number of nitrogens with two attached hydrogens (primary N) is 1. The van der Waals surface area contributed by atoms with Crippen molar-refractivity contribution >= 4 is 29.5 Å². The molecule has 0 saturated carbocycles. The van der Waals surface area contributed by atoms with Gasteiger partial charge in [0.15, 0.2) is 5.11 Å². The smallest absolute Gasteiger partial charge is 0.351 e. The fourth-order valence-corrected chi connectivity index (χ4v) is 1.98. The van der Waals surface area contributed by atoms with Crippen LogP contribution < -0.4 is 15.9 Å². The Bertz CT molecular complexity index is 718. The van der Waals surface area contributed by atoms with Gasteiger partial charge < -0.3 is 15.2 Å². The van der Waals surface area contributed by atoms with E-state index in [-0.39, 0.29) is 5.11 Å². The van der Waals surface area contributed by atoms with Gasteiger partial charge in [0.1, 0.15) is 5.75 Å². The standard InChI is InChI=1S/C17H17N3O3S/c1-22-16(21)15(13-5-3-2-4-6-13)23-14-9-7-12(8-10-14)11-19-20-17(18)24/h2-11,15H,1H3,(H3,18,20,24). The number of thiocarbonyl (C=S) groups is 1. The van der Waals surface area contributed by atoms with Crippen molar-refractivity contribution in [3.8, 4) is 5.75 Å². The van der Waals surface area contributed by atoms with Crippen LogP contribution in [0.3, 0.4) is 0 Å². The highest BCUT2D eigenvalue weighted by molar-refractivity contribution is 7.80. The van der Waals surface area contributed by atoms with E-state index in [1.54, 1.807) is 30.5 Å². The van der Waals surface area contributed by atoms with Crippen LogP contribution in [0, 0.1) is 0 Å². The van der Waals surface area contributed by atoms with Crippen LogP contribution in [0.25, 0.3) is 0 Å². The molecule has 0 fully saturated rings. The number of esters is 1. The minimum absolute atomic E-state index is 0.0926. The third-order valence-electron chi connectivity index (χ3n) is 3.04. The Morgan fingerprint density at radius 3 is 2.46 bits per heavy atom. The van der Waals surface area contributed by atoms with Crippen molar-refractivity contribution in [2.24, 2.45) is 10.8 Å². The van der Waals surface area contributed by atoms with Crippen molar-refractivity contribution in [1.82, 2.24) is 5.43 Å². The third-order valence-corrected chi connectivity index (χ3v) is 3.13. The summed E-state index contributed by atoms with van der Waals surface area (Å²) >= 11 is 4.65. The Morgan fingerprint density at radius 1 is 1.21 bits per heavy atom. The summed E-state index contributed by atoms with van der Waals surface area (Å²) in [6.07, 6.45) is 0.741. The van der Waals surface area contributed by atoms with Crippen molar-refractivity contribution in [3.05, 3.63) is 65.7 Å². The highest BCUT2D eigenvalue weighted by Crippen LogP contribution is 2.23. The van der Waals surface area contributed by atoms with Crippen LogP contribution in [0.1, 0.15) is 17.2 Å². The molecule has 0 bridgehead atoms. The number of nitrogens with one attached hydrogen (secondary N) is 1. The molecule has 0 saturated heterocycles. The molecule has 6 nitrogen and oxygen atoms in total. The van der Waals surface area contributed by atoms with Gasteiger partial charge in [-0.05, 0) is 42.0 Å². The molecule has 0 aliphatic heterocycles. The fourth-order valence-electron chi connectivity index (χ4n) is 1.93. The third kappa shape index (κ3) is 5.06. The maximum atomic E-state index is 12.0. The van der Waals surface area contributed by atoms with Gasteiger partial charge in [-0.2, -0.15) is 5.10 Å². The van der Waals surface area contributed by atoms with Gasteiger partial charge in [0, 0.05) is 5.56 Å². The summed E-state index contributed by atoms with van der Waals surface area (Å²) in [7, 11) is 1.33. The highest BCUT2D eigenvalue weighted by atomic mass is 32.1. The minimum Gasteiger partial charge on any atom is -0.474 e. The molecular weight excluding hydrogens is 326 g/mol. The van der Waals surface area contributed by atoms with Crippen LogP contribution in [-0.4, -0.2) is 24.4 Å². The van der Waals surface area contributed by atoms with Crippen LogP contribution in [-0.2, 0) is 9.53 Å². The van der Waals surface area contributed by atoms with E-state index in [0.717, 1.165) is 11.1 Å².